The summed E-state index contributed by atoms with van der Waals surface area (Å²) in [5.74, 6) is 0.432. The largest absolute Gasteiger partial charge is 0.323 e. The molecule has 1 aromatic rings. The fourth-order valence-electron chi connectivity index (χ4n) is 1.00. The molecular formula is C12H16N2O. The van der Waals surface area contributed by atoms with Gasteiger partial charge in [-0.2, -0.15) is 0 Å². The number of anilines is 1. The number of nitrogens with one attached hydrogen (secondary N) is 2. The highest BCUT2D eigenvalue weighted by Crippen LogP contribution is 2.04. The van der Waals surface area contributed by atoms with Crippen molar-refractivity contribution in [3.8, 4) is 0 Å². The Morgan fingerprint density at radius 1 is 1.27 bits per heavy atom. The Balaban J connectivity index is 2.37. The quantitative estimate of drug-likeness (QED) is 0.780. The van der Waals surface area contributed by atoms with Gasteiger partial charge in [0.1, 0.15) is 0 Å². The Labute approximate surface area is 90.2 Å². The van der Waals surface area contributed by atoms with Crippen molar-refractivity contribution in [2.24, 2.45) is 5.92 Å². The van der Waals surface area contributed by atoms with Gasteiger partial charge in [-0.3, -0.25) is 0 Å². The Kier molecular flexibility index (Phi) is 4.41. The predicted molar refractivity (Wildman–Crippen MR) is 62.6 cm³/mol. The Hall–Kier alpha value is -1.77. The number of hydrogen-bond donors (Lipinski definition) is 2. The second kappa shape index (κ2) is 5.86. The maximum atomic E-state index is 11.3. The van der Waals surface area contributed by atoms with Crippen LogP contribution in [0.3, 0.4) is 0 Å². The van der Waals surface area contributed by atoms with Crippen LogP contribution in [0.15, 0.2) is 42.6 Å². The lowest BCUT2D eigenvalue weighted by Gasteiger charge is -2.03. The number of benzene rings is 1. The fourth-order valence-corrected chi connectivity index (χ4v) is 1.00. The van der Waals surface area contributed by atoms with Crippen molar-refractivity contribution in [1.82, 2.24) is 5.32 Å². The summed E-state index contributed by atoms with van der Waals surface area (Å²) in [6, 6.07) is 9.11. The first-order valence-corrected chi connectivity index (χ1v) is 4.97. The Morgan fingerprint density at radius 2 is 1.93 bits per heavy atom. The molecule has 1 aromatic carbocycles. The smallest absolute Gasteiger partial charge is 0.315 e. The van der Waals surface area contributed by atoms with Crippen molar-refractivity contribution >= 4 is 11.7 Å². The van der Waals surface area contributed by atoms with E-state index in [0.29, 0.717) is 5.92 Å². The minimum Gasteiger partial charge on any atom is -0.315 e. The van der Waals surface area contributed by atoms with Crippen LogP contribution < -0.4 is 10.6 Å². The van der Waals surface area contributed by atoms with Gasteiger partial charge in [-0.25, -0.2) is 4.79 Å². The zero-order valence-corrected chi connectivity index (χ0v) is 9.03. The first kappa shape index (κ1) is 11.3. The third kappa shape index (κ3) is 4.86. The molecule has 0 atom stereocenters. The van der Waals surface area contributed by atoms with Crippen LogP contribution in [0.5, 0.6) is 0 Å². The summed E-state index contributed by atoms with van der Waals surface area (Å²) in [5.41, 5.74) is 0.785. The van der Waals surface area contributed by atoms with Crippen LogP contribution >= 0.6 is 0 Å². The summed E-state index contributed by atoms with van der Waals surface area (Å²) >= 11 is 0. The lowest BCUT2D eigenvalue weighted by atomic mass is 10.2. The van der Waals surface area contributed by atoms with Crippen molar-refractivity contribution < 1.29 is 4.79 Å². The number of para-hydroxylation sites is 1. The van der Waals surface area contributed by atoms with Gasteiger partial charge in [0.05, 0.1) is 0 Å². The van der Waals surface area contributed by atoms with Crippen molar-refractivity contribution in [3.05, 3.63) is 42.6 Å². The molecule has 2 N–H and O–H groups in total. The molecule has 80 valence electrons. The van der Waals surface area contributed by atoms with Crippen molar-refractivity contribution in [1.29, 1.82) is 0 Å². The molecule has 0 saturated carbocycles. The van der Waals surface area contributed by atoms with Crippen LogP contribution in [0.1, 0.15) is 13.8 Å². The lowest BCUT2D eigenvalue weighted by molar-refractivity contribution is 0.255. The van der Waals surface area contributed by atoms with Gasteiger partial charge >= 0.3 is 6.03 Å². The molecule has 0 unspecified atom stereocenters. The van der Waals surface area contributed by atoms with Gasteiger partial charge < -0.3 is 10.6 Å². The Morgan fingerprint density at radius 3 is 2.53 bits per heavy atom. The minimum atomic E-state index is -0.224. The maximum absolute atomic E-state index is 11.3. The van der Waals surface area contributed by atoms with E-state index in [-0.39, 0.29) is 6.03 Å². The lowest BCUT2D eigenvalue weighted by Crippen LogP contribution is -2.23. The molecule has 0 radical (unpaired) electrons. The van der Waals surface area contributed by atoms with Crippen LogP contribution in [0, 0.1) is 5.92 Å². The number of urea groups is 1. The SMILES string of the molecule is CC(C)/C=C/NC(=O)Nc1ccccc1. The standard InChI is InChI=1S/C12H16N2O/c1-10(2)8-9-13-12(15)14-11-6-4-3-5-7-11/h3-10H,1-2H3,(H2,13,14,15)/b9-8+. The minimum absolute atomic E-state index is 0.224. The van der Waals surface area contributed by atoms with Crippen molar-refractivity contribution in [2.75, 3.05) is 5.32 Å². The summed E-state index contributed by atoms with van der Waals surface area (Å²) in [5, 5.41) is 5.35. The average molecular weight is 204 g/mol. The summed E-state index contributed by atoms with van der Waals surface area (Å²) in [6.07, 6.45) is 3.58. The first-order chi connectivity index (χ1) is 7.18. The molecule has 0 heterocycles. The monoisotopic (exact) mass is 204 g/mol. The van der Waals surface area contributed by atoms with Gasteiger partial charge in [-0.1, -0.05) is 38.1 Å². The van der Waals surface area contributed by atoms with Gasteiger partial charge in [-0.05, 0) is 18.1 Å². The van der Waals surface area contributed by atoms with E-state index in [1.54, 1.807) is 6.20 Å². The number of amides is 2. The van der Waals surface area contributed by atoms with E-state index in [2.05, 4.69) is 10.6 Å². The number of hydrogen-bond acceptors (Lipinski definition) is 1. The molecule has 0 aliphatic heterocycles. The number of carbonyl (C=O) groups is 1. The molecule has 0 aliphatic rings. The third-order valence-electron chi connectivity index (χ3n) is 1.73. The van der Waals surface area contributed by atoms with Gasteiger partial charge in [0.15, 0.2) is 0 Å². The van der Waals surface area contributed by atoms with E-state index < -0.39 is 0 Å². The summed E-state index contributed by atoms with van der Waals surface area (Å²) in [7, 11) is 0. The van der Waals surface area contributed by atoms with E-state index in [1.165, 1.54) is 0 Å². The average Bonchev–Trinajstić information content (AvgIpc) is 2.18. The van der Waals surface area contributed by atoms with E-state index in [0.717, 1.165) is 5.69 Å². The molecule has 0 aromatic heterocycles. The topological polar surface area (TPSA) is 41.1 Å². The molecule has 0 saturated heterocycles. The zero-order chi connectivity index (χ0) is 11.1. The Bertz CT molecular complexity index is 331. The molecule has 0 fully saturated rings. The van der Waals surface area contributed by atoms with Gasteiger partial charge in [0, 0.05) is 11.9 Å². The molecular weight excluding hydrogens is 188 g/mol. The second-order valence-electron chi connectivity index (χ2n) is 3.57. The molecule has 15 heavy (non-hydrogen) atoms. The normalized spacial score (nSPS) is 10.6. The van der Waals surface area contributed by atoms with Crippen LogP contribution in [-0.2, 0) is 0 Å². The van der Waals surface area contributed by atoms with Crippen LogP contribution in [0.2, 0.25) is 0 Å². The van der Waals surface area contributed by atoms with Gasteiger partial charge in [0.25, 0.3) is 0 Å². The molecule has 1 rings (SSSR count). The van der Waals surface area contributed by atoms with E-state index >= 15 is 0 Å². The van der Waals surface area contributed by atoms with Crippen LogP contribution in [0.25, 0.3) is 0 Å². The first-order valence-electron chi connectivity index (χ1n) is 4.97. The van der Waals surface area contributed by atoms with Crippen LogP contribution in [0.4, 0.5) is 10.5 Å². The van der Waals surface area contributed by atoms with Gasteiger partial charge in [-0.15, -0.1) is 0 Å². The zero-order valence-electron chi connectivity index (χ0n) is 9.03. The number of rotatable bonds is 3. The van der Waals surface area contributed by atoms with Crippen LogP contribution in [-0.4, -0.2) is 6.03 Å². The molecule has 2 amide bonds. The highest BCUT2D eigenvalue weighted by molar-refractivity contribution is 5.89. The molecule has 0 spiro atoms. The fraction of sp³-hybridized carbons (Fsp3) is 0.250. The van der Waals surface area contributed by atoms with E-state index in [9.17, 15) is 4.79 Å². The highest BCUT2D eigenvalue weighted by Gasteiger charge is 1.96. The third-order valence-corrected chi connectivity index (χ3v) is 1.73. The van der Waals surface area contributed by atoms with Gasteiger partial charge in [0.2, 0.25) is 0 Å². The summed E-state index contributed by atoms with van der Waals surface area (Å²) in [6.45, 7) is 4.10. The molecule has 3 nitrogen and oxygen atoms in total. The summed E-state index contributed by atoms with van der Waals surface area (Å²) < 4.78 is 0. The second-order valence-corrected chi connectivity index (χ2v) is 3.57. The van der Waals surface area contributed by atoms with Crippen molar-refractivity contribution in [3.63, 3.8) is 0 Å². The molecule has 0 aliphatic carbocycles. The maximum Gasteiger partial charge on any atom is 0.323 e. The molecule has 3 heteroatoms. The number of allylic oxidation sites excluding steroid dienone is 1. The van der Waals surface area contributed by atoms with E-state index in [4.69, 9.17) is 0 Å². The summed E-state index contributed by atoms with van der Waals surface area (Å²) in [4.78, 5) is 11.3. The van der Waals surface area contributed by atoms with E-state index in [1.807, 2.05) is 50.3 Å². The predicted octanol–water partition coefficient (Wildman–Crippen LogP) is 2.98. The highest BCUT2D eigenvalue weighted by atomic mass is 16.2. The molecule has 0 bridgehead atoms. The number of carbonyl (C=O) groups excluding carboxylic acids is 1. The van der Waals surface area contributed by atoms with Crippen molar-refractivity contribution in [2.45, 2.75) is 13.8 Å².